The Balaban J connectivity index is 2.47. The van der Waals surface area contributed by atoms with Crippen LogP contribution in [0.5, 0.6) is 0 Å². The standard InChI is InChI=1S/C12H12Cl2N2O2/c1-2-9-12(18)15-6-11(17)16(9)10-5-7(13)3-4-8(10)14/h3-5,9H,2,6H2,1H3,(H,15,18). The normalized spacial score (nSPS) is 19.9. The molecule has 18 heavy (non-hydrogen) atoms. The highest BCUT2D eigenvalue weighted by Gasteiger charge is 2.35. The number of nitrogens with zero attached hydrogens (tertiary/aromatic N) is 1. The van der Waals surface area contributed by atoms with Crippen molar-refractivity contribution in [1.82, 2.24) is 5.32 Å². The lowest BCUT2D eigenvalue weighted by atomic mass is 10.1. The molecule has 0 radical (unpaired) electrons. The maximum absolute atomic E-state index is 12.0. The first-order valence-corrected chi connectivity index (χ1v) is 6.35. The van der Waals surface area contributed by atoms with E-state index in [-0.39, 0.29) is 18.4 Å². The Morgan fingerprint density at radius 3 is 2.78 bits per heavy atom. The Morgan fingerprint density at radius 2 is 2.11 bits per heavy atom. The van der Waals surface area contributed by atoms with Gasteiger partial charge in [-0.2, -0.15) is 0 Å². The fourth-order valence-electron chi connectivity index (χ4n) is 2.00. The number of nitrogens with one attached hydrogen (secondary N) is 1. The van der Waals surface area contributed by atoms with Crippen molar-refractivity contribution >= 4 is 40.7 Å². The predicted octanol–water partition coefficient (Wildman–Crippen LogP) is 2.23. The van der Waals surface area contributed by atoms with Crippen molar-refractivity contribution in [2.24, 2.45) is 0 Å². The second-order valence-corrected chi connectivity index (χ2v) is 4.84. The number of amides is 2. The minimum Gasteiger partial charge on any atom is -0.345 e. The lowest BCUT2D eigenvalue weighted by Gasteiger charge is -2.34. The van der Waals surface area contributed by atoms with Crippen LogP contribution in [0, 0.1) is 0 Å². The van der Waals surface area contributed by atoms with Gasteiger partial charge >= 0.3 is 0 Å². The van der Waals surface area contributed by atoms with E-state index in [9.17, 15) is 9.59 Å². The molecular formula is C12H12Cl2N2O2. The van der Waals surface area contributed by atoms with Crippen molar-refractivity contribution in [3.05, 3.63) is 28.2 Å². The number of hydrogen-bond donors (Lipinski definition) is 1. The average molecular weight is 287 g/mol. The molecule has 1 aliphatic rings. The number of halogens is 2. The molecule has 0 aliphatic carbocycles. The topological polar surface area (TPSA) is 49.4 Å². The van der Waals surface area contributed by atoms with Crippen LogP contribution in [0.3, 0.4) is 0 Å². The third-order valence-electron chi connectivity index (χ3n) is 2.85. The molecule has 4 nitrogen and oxygen atoms in total. The fraction of sp³-hybridized carbons (Fsp3) is 0.333. The van der Waals surface area contributed by atoms with Crippen molar-refractivity contribution < 1.29 is 9.59 Å². The van der Waals surface area contributed by atoms with Gasteiger partial charge in [0.15, 0.2) is 0 Å². The molecule has 0 spiro atoms. The molecule has 2 rings (SSSR count). The van der Waals surface area contributed by atoms with Crippen molar-refractivity contribution in [3.63, 3.8) is 0 Å². The smallest absolute Gasteiger partial charge is 0.247 e. The first-order valence-electron chi connectivity index (χ1n) is 5.59. The molecule has 96 valence electrons. The summed E-state index contributed by atoms with van der Waals surface area (Å²) in [6.07, 6.45) is 0.514. The van der Waals surface area contributed by atoms with Gasteiger partial charge in [0.05, 0.1) is 17.3 Å². The molecule has 2 amide bonds. The number of anilines is 1. The quantitative estimate of drug-likeness (QED) is 0.906. The largest absolute Gasteiger partial charge is 0.345 e. The summed E-state index contributed by atoms with van der Waals surface area (Å²) in [7, 11) is 0. The summed E-state index contributed by atoms with van der Waals surface area (Å²) in [5, 5.41) is 3.44. The lowest BCUT2D eigenvalue weighted by molar-refractivity contribution is -0.131. The van der Waals surface area contributed by atoms with Gasteiger partial charge in [0, 0.05) is 5.02 Å². The summed E-state index contributed by atoms with van der Waals surface area (Å²) < 4.78 is 0. The third kappa shape index (κ3) is 2.31. The molecule has 6 heteroatoms. The van der Waals surface area contributed by atoms with E-state index < -0.39 is 6.04 Å². The number of carbonyl (C=O) groups excluding carboxylic acids is 2. The number of benzene rings is 1. The van der Waals surface area contributed by atoms with E-state index in [4.69, 9.17) is 23.2 Å². The van der Waals surface area contributed by atoms with Gasteiger partial charge in [0.1, 0.15) is 6.04 Å². The zero-order chi connectivity index (χ0) is 13.3. The first kappa shape index (κ1) is 13.2. The van der Waals surface area contributed by atoms with Crippen molar-refractivity contribution in [2.45, 2.75) is 19.4 Å². The molecule has 1 aromatic rings. The van der Waals surface area contributed by atoms with E-state index in [1.165, 1.54) is 4.90 Å². The molecule has 1 aliphatic heterocycles. The monoisotopic (exact) mass is 286 g/mol. The molecule has 1 atom stereocenters. The lowest BCUT2D eigenvalue weighted by Crippen LogP contribution is -2.58. The molecule has 0 bridgehead atoms. The molecule has 1 fully saturated rings. The highest BCUT2D eigenvalue weighted by atomic mass is 35.5. The van der Waals surface area contributed by atoms with Crippen molar-refractivity contribution in [1.29, 1.82) is 0 Å². The Morgan fingerprint density at radius 1 is 1.39 bits per heavy atom. The van der Waals surface area contributed by atoms with Crippen LogP contribution in [0.1, 0.15) is 13.3 Å². The maximum atomic E-state index is 12.0. The summed E-state index contributed by atoms with van der Waals surface area (Å²) in [6.45, 7) is 1.83. The van der Waals surface area contributed by atoms with Crippen LogP contribution in [-0.4, -0.2) is 24.4 Å². The summed E-state index contributed by atoms with van der Waals surface area (Å²) in [4.78, 5) is 25.2. The summed E-state index contributed by atoms with van der Waals surface area (Å²) >= 11 is 12.0. The number of piperazine rings is 1. The Hall–Kier alpha value is -1.26. The Labute approximate surface area is 115 Å². The van der Waals surface area contributed by atoms with Crippen LogP contribution in [-0.2, 0) is 9.59 Å². The molecule has 1 heterocycles. The number of carbonyl (C=O) groups is 2. The van der Waals surface area contributed by atoms with E-state index in [2.05, 4.69) is 5.32 Å². The molecule has 1 saturated heterocycles. The van der Waals surface area contributed by atoms with Gasteiger partial charge in [0.2, 0.25) is 11.8 Å². The molecule has 1 N–H and O–H groups in total. The second kappa shape index (κ2) is 5.16. The van der Waals surface area contributed by atoms with Gasteiger partial charge < -0.3 is 5.32 Å². The summed E-state index contributed by atoms with van der Waals surface area (Å²) in [5.74, 6) is -0.362. The van der Waals surface area contributed by atoms with Crippen LogP contribution in [0.4, 0.5) is 5.69 Å². The van der Waals surface area contributed by atoms with Crippen LogP contribution < -0.4 is 10.2 Å². The SMILES string of the molecule is CCC1C(=O)NCC(=O)N1c1cc(Cl)ccc1Cl. The summed E-state index contributed by atoms with van der Waals surface area (Å²) in [6, 6.07) is 4.32. The van der Waals surface area contributed by atoms with Crippen LogP contribution in [0.25, 0.3) is 0 Å². The van der Waals surface area contributed by atoms with E-state index >= 15 is 0 Å². The van der Waals surface area contributed by atoms with Crippen molar-refractivity contribution in [3.8, 4) is 0 Å². The molecule has 0 saturated carbocycles. The molecule has 1 unspecified atom stereocenters. The van der Waals surface area contributed by atoms with E-state index in [0.717, 1.165) is 0 Å². The number of hydrogen-bond acceptors (Lipinski definition) is 2. The van der Waals surface area contributed by atoms with Crippen LogP contribution >= 0.6 is 23.2 Å². The highest BCUT2D eigenvalue weighted by Crippen LogP contribution is 2.31. The first-order chi connectivity index (χ1) is 8.54. The van der Waals surface area contributed by atoms with Gasteiger partial charge in [-0.25, -0.2) is 0 Å². The summed E-state index contributed by atoms with van der Waals surface area (Å²) in [5.41, 5.74) is 0.482. The van der Waals surface area contributed by atoms with E-state index in [0.29, 0.717) is 22.2 Å². The van der Waals surface area contributed by atoms with Gasteiger partial charge in [-0.05, 0) is 24.6 Å². The zero-order valence-corrected chi connectivity index (χ0v) is 11.3. The van der Waals surface area contributed by atoms with Gasteiger partial charge in [-0.3, -0.25) is 14.5 Å². The maximum Gasteiger partial charge on any atom is 0.247 e. The molecule has 1 aromatic carbocycles. The average Bonchev–Trinajstić information content (AvgIpc) is 2.35. The zero-order valence-electron chi connectivity index (χ0n) is 9.74. The highest BCUT2D eigenvalue weighted by molar-refractivity contribution is 6.36. The predicted molar refractivity (Wildman–Crippen MR) is 71.0 cm³/mol. The van der Waals surface area contributed by atoms with Gasteiger partial charge in [-0.15, -0.1) is 0 Å². The minimum absolute atomic E-state index is 0.0157. The second-order valence-electron chi connectivity index (χ2n) is 4.00. The fourth-order valence-corrected chi connectivity index (χ4v) is 2.37. The van der Waals surface area contributed by atoms with Crippen LogP contribution in [0.15, 0.2) is 18.2 Å². The number of rotatable bonds is 2. The molecular weight excluding hydrogens is 275 g/mol. The molecule has 0 aromatic heterocycles. The van der Waals surface area contributed by atoms with Crippen molar-refractivity contribution in [2.75, 3.05) is 11.4 Å². The minimum atomic E-state index is -0.540. The van der Waals surface area contributed by atoms with E-state index in [1.807, 2.05) is 6.92 Å². The third-order valence-corrected chi connectivity index (χ3v) is 3.41. The Kier molecular flexibility index (Phi) is 3.78. The van der Waals surface area contributed by atoms with Crippen LogP contribution in [0.2, 0.25) is 10.0 Å². The van der Waals surface area contributed by atoms with Gasteiger partial charge in [0.25, 0.3) is 0 Å². The van der Waals surface area contributed by atoms with Gasteiger partial charge in [-0.1, -0.05) is 30.1 Å². The van der Waals surface area contributed by atoms with E-state index in [1.54, 1.807) is 18.2 Å². The Bertz CT molecular complexity index is 505.